The maximum atomic E-state index is 12.0. The van der Waals surface area contributed by atoms with Crippen LogP contribution in [0.3, 0.4) is 0 Å². The predicted molar refractivity (Wildman–Crippen MR) is 126 cm³/mol. The number of imidazole rings is 1. The number of pyridine rings is 1. The third-order valence-corrected chi connectivity index (χ3v) is 4.48. The van der Waals surface area contributed by atoms with E-state index in [0.717, 1.165) is 16.8 Å². The van der Waals surface area contributed by atoms with Gasteiger partial charge in [0.1, 0.15) is 18.1 Å². The van der Waals surface area contributed by atoms with Crippen LogP contribution in [0.25, 0.3) is 28.2 Å². The average Bonchev–Trinajstić information content (AvgIpc) is 3.23. The molecule has 33 heavy (non-hydrogen) atoms. The van der Waals surface area contributed by atoms with E-state index >= 15 is 0 Å². The monoisotopic (exact) mass is 441 g/mol. The first-order chi connectivity index (χ1) is 15.9. The van der Waals surface area contributed by atoms with E-state index in [4.69, 9.17) is 0 Å². The minimum atomic E-state index is -0.254. The van der Waals surface area contributed by atoms with Gasteiger partial charge in [-0.25, -0.2) is 14.8 Å². The molecular formula is C23H23N9O. The highest BCUT2D eigenvalue weighted by Crippen LogP contribution is 2.23. The van der Waals surface area contributed by atoms with Crippen LogP contribution in [0.1, 0.15) is 11.4 Å². The molecule has 0 saturated carbocycles. The summed E-state index contributed by atoms with van der Waals surface area (Å²) in [6, 6.07) is 7.30. The molecule has 0 saturated heterocycles. The fourth-order valence-corrected chi connectivity index (χ4v) is 2.84. The van der Waals surface area contributed by atoms with Crippen molar-refractivity contribution in [3.8, 4) is 28.7 Å². The molecule has 0 aromatic carbocycles. The van der Waals surface area contributed by atoms with Crippen molar-refractivity contribution >= 4 is 17.3 Å². The van der Waals surface area contributed by atoms with Crippen LogP contribution in [-0.4, -0.2) is 55.2 Å². The Kier molecular flexibility index (Phi) is 7.28. The van der Waals surface area contributed by atoms with Gasteiger partial charge >= 0.3 is 6.03 Å². The van der Waals surface area contributed by atoms with Crippen LogP contribution in [0, 0.1) is 18.3 Å². The van der Waals surface area contributed by atoms with Crippen molar-refractivity contribution in [1.29, 1.82) is 5.26 Å². The van der Waals surface area contributed by atoms with E-state index in [9.17, 15) is 10.1 Å². The molecule has 2 amide bonds. The first-order valence-electron chi connectivity index (χ1n) is 9.89. The molecule has 3 N–H and O–H groups in total. The third kappa shape index (κ3) is 5.68. The van der Waals surface area contributed by atoms with E-state index in [2.05, 4.69) is 48.1 Å². The number of nitriles is 1. The molecule has 0 atom stereocenters. The molecule has 166 valence electrons. The summed E-state index contributed by atoms with van der Waals surface area (Å²) in [7, 11) is 3.32. The molecule has 0 aliphatic heterocycles. The zero-order valence-electron chi connectivity index (χ0n) is 18.5. The molecule has 0 aliphatic rings. The Balaban J connectivity index is 2.03. The van der Waals surface area contributed by atoms with Gasteiger partial charge in [-0.3, -0.25) is 10.1 Å². The number of anilines is 1. The topological polar surface area (TPSA) is 139 Å². The van der Waals surface area contributed by atoms with Crippen LogP contribution in [0.4, 0.5) is 10.5 Å². The number of H-pyrrole nitrogens is 2. The second-order valence-electron chi connectivity index (χ2n) is 7.11. The Morgan fingerprint density at radius 1 is 1.21 bits per heavy atom. The molecule has 10 heteroatoms. The van der Waals surface area contributed by atoms with Gasteiger partial charge in [0, 0.05) is 43.3 Å². The van der Waals surface area contributed by atoms with E-state index in [0.29, 0.717) is 28.5 Å². The van der Waals surface area contributed by atoms with Crippen molar-refractivity contribution in [2.75, 3.05) is 19.4 Å². The maximum Gasteiger partial charge on any atom is 0.321 e. The summed E-state index contributed by atoms with van der Waals surface area (Å²) in [6.07, 6.45) is 9.40. The van der Waals surface area contributed by atoms with Gasteiger partial charge in [0.2, 0.25) is 0 Å². The van der Waals surface area contributed by atoms with Crippen LogP contribution in [0.15, 0.2) is 61.8 Å². The molecular weight excluding hydrogens is 418 g/mol. The average molecular weight is 441 g/mol. The number of hydrogen-bond acceptors (Lipinski definition) is 6. The number of urea groups is 1. The summed E-state index contributed by atoms with van der Waals surface area (Å²) in [5, 5.41) is 19.2. The van der Waals surface area contributed by atoms with E-state index < -0.39 is 0 Å². The van der Waals surface area contributed by atoms with E-state index in [-0.39, 0.29) is 6.03 Å². The van der Waals surface area contributed by atoms with Gasteiger partial charge in [0.25, 0.3) is 0 Å². The molecule has 0 bridgehead atoms. The number of carbonyl (C=O) groups is 1. The van der Waals surface area contributed by atoms with Crippen LogP contribution < -0.4 is 5.32 Å². The summed E-state index contributed by atoms with van der Waals surface area (Å²) in [5.41, 5.74) is 4.29. The number of aromatic nitrogens is 6. The molecule has 0 aliphatic carbocycles. The second kappa shape index (κ2) is 10.5. The minimum absolute atomic E-state index is 0.254. The molecule has 0 spiro atoms. The minimum Gasteiger partial charge on any atom is -0.340 e. The van der Waals surface area contributed by atoms with Gasteiger partial charge in [0.05, 0.1) is 23.2 Å². The summed E-state index contributed by atoms with van der Waals surface area (Å²) in [4.78, 5) is 29.5. The number of carbonyl (C=O) groups excluding carboxylic acids is 1. The number of hydrogen-bond donors (Lipinski definition) is 3. The van der Waals surface area contributed by atoms with Gasteiger partial charge in [-0.2, -0.15) is 10.4 Å². The van der Waals surface area contributed by atoms with Gasteiger partial charge in [-0.1, -0.05) is 18.7 Å². The van der Waals surface area contributed by atoms with Crippen LogP contribution >= 0.6 is 0 Å². The van der Waals surface area contributed by atoms with Crippen LogP contribution in [0.5, 0.6) is 0 Å². The molecule has 10 nitrogen and oxygen atoms in total. The molecule has 0 fully saturated rings. The number of aryl methyl sites for hydroxylation is 1. The highest BCUT2D eigenvalue weighted by atomic mass is 16.2. The number of aromatic amines is 2. The van der Waals surface area contributed by atoms with Crippen LogP contribution in [0.2, 0.25) is 0 Å². The van der Waals surface area contributed by atoms with Crippen molar-refractivity contribution in [1.82, 2.24) is 35.0 Å². The first-order valence-corrected chi connectivity index (χ1v) is 9.89. The highest BCUT2D eigenvalue weighted by Gasteiger charge is 2.12. The number of allylic oxidation sites excluding steroid dienone is 3. The quantitative estimate of drug-likeness (QED) is 0.406. The Morgan fingerprint density at radius 3 is 2.73 bits per heavy atom. The van der Waals surface area contributed by atoms with Crippen molar-refractivity contribution < 1.29 is 4.79 Å². The Labute approximate surface area is 191 Å². The van der Waals surface area contributed by atoms with Crippen molar-refractivity contribution in [2.24, 2.45) is 0 Å². The Morgan fingerprint density at radius 2 is 2.00 bits per heavy atom. The summed E-state index contributed by atoms with van der Waals surface area (Å²) in [5.74, 6) is 0.507. The molecule has 0 unspecified atom stereocenters. The second-order valence-corrected chi connectivity index (χ2v) is 7.11. The fraction of sp³-hybridized carbons (Fsp3) is 0.130. The van der Waals surface area contributed by atoms with E-state index in [1.807, 2.05) is 13.0 Å². The number of nitrogens with one attached hydrogen (secondary N) is 3. The fourth-order valence-electron chi connectivity index (χ4n) is 2.84. The van der Waals surface area contributed by atoms with Gasteiger partial charge in [-0.15, -0.1) is 0 Å². The van der Waals surface area contributed by atoms with Gasteiger partial charge < -0.3 is 15.2 Å². The predicted octanol–water partition coefficient (Wildman–Crippen LogP) is 3.88. The SMILES string of the molecule is C=C/C=C(/C#N)c1nc(-c2ccc(-c3cncc(NC(=O)N(C)C)c3)cncn[nH]2)[nH]c1C. The maximum absolute atomic E-state index is 12.0. The summed E-state index contributed by atoms with van der Waals surface area (Å²) >= 11 is 0. The molecule has 3 aromatic rings. The van der Waals surface area contributed by atoms with Crippen LogP contribution in [-0.2, 0) is 0 Å². The lowest BCUT2D eigenvalue weighted by Crippen LogP contribution is -2.27. The molecule has 3 rings (SSSR count). The largest absolute Gasteiger partial charge is 0.340 e. The lowest BCUT2D eigenvalue weighted by Gasteiger charge is -2.12. The van der Waals surface area contributed by atoms with Crippen molar-refractivity contribution in [2.45, 2.75) is 6.92 Å². The van der Waals surface area contributed by atoms with Gasteiger partial charge in [-0.05, 0) is 25.1 Å². The normalized spacial score (nSPS) is 10.7. The smallest absolute Gasteiger partial charge is 0.321 e. The first kappa shape index (κ1) is 22.9. The summed E-state index contributed by atoms with van der Waals surface area (Å²) < 4.78 is 0. The number of amides is 2. The Bertz CT molecular complexity index is 1290. The summed E-state index contributed by atoms with van der Waals surface area (Å²) in [6.45, 7) is 5.48. The third-order valence-electron chi connectivity index (χ3n) is 4.48. The van der Waals surface area contributed by atoms with Crippen molar-refractivity contribution in [3.05, 3.63) is 73.2 Å². The number of rotatable bonds is 5. The Hall–Kier alpha value is -4.78. The van der Waals surface area contributed by atoms with Gasteiger partial charge in [0.15, 0.2) is 5.82 Å². The molecule has 0 radical (unpaired) electrons. The standard InChI is InChI=1S/C23H23N9O/c1-5-6-16(10-24)21-15(2)28-22(30-21)20-8-7-17(11-26-14-27-31-20)18-9-19(13-25-12-18)29-23(33)32(3)4/h5-9,11-14,31H,1H2,2-4H3,(H,28,30)(H,29,33)/b16-6-,17-7?,20-8?,26-11?,27-14?. The molecule has 3 aromatic heterocycles. The van der Waals surface area contributed by atoms with E-state index in [1.165, 1.54) is 11.2 Å². The van der Waals surface area contributed by atoms with Crippen molar-refractivity contribution in [3.63, 3.8) is 0 Å². The highest BCUT2D eigenvalue weighted by molar-refractivity contribution is 5.89. The van der Waals surface area contributed by atoms with E-state index in [1.54, 1.807) is 57.0 Å². The molecule has 3 heterocycles. The zero-order chi connectivity index (χ0) is 23.8. The lowest BCUT2D eigenvalue weighted by atomic mass is 10.1. The lowest BCUT2D eigenvalue weighted by molar-refractivity contribution is 0.230. The zero-order valence-corrected chi connectivity index (χ0v) is 18.5. The number of nitrogens with zero attached hydrogens (tertiary/aromatic N) is 6.